The second-order valence-electron chi connectivity index (χ2n) is 5.13. The Labute approximate surface area is 126 Å². The van der Waals surface area contributed by atoms with Crippen LogP contribution in [0.5, 0.6) is 11.5 Å². The zero-order valence-electron chi connectivity index (χ0n) is 12.7. The molecule has 2 aromatic carbocycles. The Morgan fingerprint density at radius 3 is 2.14 bits per heavy atom. The van der Waals surface area contributed by atoms with E-state index in [9.17, 15) is 0 Å². The molecule has 0 fully saturated rings. The summed E-state index contributed by atoms with van der Waals surface area (Å²) in [6.07, 6.45) is 3.05. The summed E-state index contributed by atoms with van der Waals surface area (Å²) in [5.74, 6) is 1.56. The van der Waals surface area contributed by atoms with Crippen molar-refractivity contribution in [3.63, 3.8) is 0 Å². The van der Waals surface area contributed by atoms with Gasteiger partial charge in [0.25, 0.3) is 0 Å². The largest absolute Gasteiger partial charge is 0.497 e. The lowest BCUT2D eigenvalue weighted by atomic mass is 9.99. The average Bonchev–Trinajstić information content (AvgIpc) is 2.55. The zero-order valence-corrected chi connectivity index (χ0v) is 12.7. The van der Waals surface area contributed by atoms with Gasteiger partial charge >= 0.3 is 0 Å². The molecule has 112 valence electrons. The van der Waals surface area contributed by atoms with Gasteiger partial charge in [-0.1, -0.05) is 30.3 Å². The van der Waals surface area contributed by atoms with Crippen molar-refractivity contribution in [3.8, 4) is 11.5 Å². The molecule has 1 unspecified atom stereocenters. The Morgan fingerprint density at radius 1 is 0.952 bits per heavy atom. The highest BCUT2D eigenvalue weighted by atomic mass is 16.5. The zero-order chi connectivity index (χ0) is 15.1. The highest BCUT2D eigenvalue weighted by Crippen LogP contribution is 2.27. The van der Waals surface area contributed by atoms with Crippen LogP contribution in [0.3, 0.4) is 0 Å². The summed E-state index contributed by atoms with van der Waals surface area (Å²) < 4.78 is 10.6. The Hall–Kier alpha value is -2.00. The predicted molar refractivity (Wildman–Crippen MR) is 85.9 cm³/mol. The third-order valence-electron chi connectivity index (χ3n) is 3.63. The topological polar surface area (TPSA) is 44.5 Å². The Bertz CT molecular complexity index is 532. The van der Waals surface area contributed by atoms with Crippen LogP contribution in [0, 0.1) is 0 Å². The maximum atomic E-state index is 6.30. The van der Waals surface area contributed by atoms with E-state index >= 15 is 0 Å². The smallest absolute Gasteiger partial charge is 0.122 e. The van der Waals surface area contributed by atoms with Gasteiger partial charge in [-0.2, -0.15) is 0 Å². The first-order valence-electron chi connectivity index (χ1n) is 7.25. The summed E-state index contributed by atoms with van der Waals surface area (Å²) in [5.41, 5.74) is 8.70. The molecule has 0 spiro atoms. The summed E-state index contributed by atoms with van der Waals surface area (Å²) in [6, 6.07) is 16.3. The van der Waals surface area contributed by atoms with E-state index in [4.69, 9.17) is 15.2 Å². The molecule has 0 bridgehead atoms. The molecule has 0 amide bonds. The van der Waals surface area contributed by atoms with E-state index in [2.05, 4.69) is 24.3 Å². The number of ether oxygens (including phenoxy) is 2. The molecule has 21 heavy (non-hydrogen) atoms. The molecular formula is C18H23NO2. The van der Waals surface area contributed by atoms with Crippen molar-refractivity contribution in [2.24, 2.45) is 5.73 Å². The molecule has 0 aliphatic carbocycles. The normalized spacial score (nSPS) is 12.0. The van der Waals surface area contributed by atoms with Crippen LogP contribution in [0.1, 0.15) is 30.0 Å². The molecule has 0 aromatic heterocycles. The molecule has 2 rings (SSSR count). The third-order valence-corrected chi connectivity index (χ3v) is 3.63. The first kappa shape index (κ1) is 15.4. The summed E-state index contributed by atoms with van der Waals surface area (Å²) >= 11 is 0. The molecule has 0 aliphatic heterocycles. The molecule has 0 radical (unpaired) electrons. The molecule has 2 aromatic rings. The molecule has 0 aliphatic rings. The summed E-state index contributed by atoms with van der Waals surface area (Å²) in [6.45, 7) is 0. The fraction of sp³-hybridized carbons (Fsp3) is 0.333. The molecule has 3 nitrogen and oxygen atoms in total. The lowest BCUT2D eigenvalue weighted by molar-refractivity contribution is 0.392. The molecule has 0 saturated heterocycles. The lowest BCUT2D eigenvalue weighted by Gasteiger charge is -2.15. The molecular weight excluding hydrogens is 262 g/mol. The monoisotopic (exact) mass is 285 g/mol. The van der Waals surface area contributed by atoms with Gasteiger partial charge in [-0.05, 0) is 42.5 Å². The number of hydrogen-bond donors (Lipinski definition) is 1. The van der Waals surface area contributed by atoms with Crippen LogP contribution in [-0.4, -0.2) is 14.2 Å². The summed E-state index contributed by atoms with van der Waals surface area (Å²) in [4.78, 5) is 0. The number of methoxy groups -OCH3 is 2. The van der Waals surface area contributed by atoms with Crippen LogP contribution in [0.25, 0.3) is 0 Å². The van der Waals surface area contributed by atoms with E-state index in [-0.39, 0.29) is 6.04 Å². The quantitative estimate of drug-likeness (QED) is 0.843. The van der Waals surface area contributed by atoms with Gasteiger partial charge in [0, 0.05) is 12.1 Å². The van der Waals surface area contributed by atoms with Crippen molar-refractivity contribution in [3.05, 3.63) is 59.7 Å². The maximum absolute atomic E-state index is 6.30. The van der Waals surface area contributed by atoms with Gasteiger partial charge in [-0.15, -0.1) is 0 Å². The Balaban J connectivity index is 1.95. The minimum Gasteiger partial charge on any atom is -0.497 e. The van der Waals surface area contributed by atoms with E-state index in [0.717, 1.165) is 36.3 Å². The van der Waals surface area contributed by atoms with E-state index in [1.807, 2.05) is 24.3 Å². The van der Waals surface area contributed by atoms with Gasteiger partial charge in [0.05, 0.1) is 14.2 Å². The maximum Gasteiger partial charge on any atom is 0.122 e. The first-order chi connectivity index (χ1) is 10.2. The van der Waals surface area contributed by atoms with Crippen LogP contribution < -0.4 is 15.2 Å². The van der Waals surface area contributed by atoms with Gasteiger partial charge in [0.1, 0.15) is 11.5 Å². The van der Waals surface area contributed by atoms with Crippen LogP contribution in [0.4, 0.5) is 0 Å². The number of nitrogens with two attached hydrogens (primary N) is 1. The van der Waals surface area contributed by atoms with Crippen LogP contribution in [0.15, 0.2) is 48.5 Å². The van der Waals surface area contributed by atoms with Crippen molar-refractivity contribution in [2.75, 3.05) is 14.2 Å². The number of benzene rings is 2. The average molecular weight is 285 g/mol. The van der Waals surface area contributed by atoms with Gasteiger partial charge in [-0.3, -0.25) is 0 Å². The van der Waals surface area contributed by atoms with Crippen LogP contribution in [-0.2, 0) is 6.42 Å². The molecule has 3 heteroatoms. The second-order valence-corrected chi connectivity index (χ2v) is 5.13. The van der Waals surface area contributed by atoms with Gasteiger partial charge < -0.3 is 15.2 Å². The van der Waals surface area contributed by atoms with Crippen LogP contribution in [0.2, 0.25) is 0 Å². The molecule has 1 atom stereocenters. The van der Waals surface area contributed by atoms with E-state index < -0.39 is 0 Å². The SMILES string of the molecule is COc1cc(OC)cc(C(N)CCCc2ccccc2)c1. The molecule has 0 saturated carbocycles. The van der Waals surface area contributed by atoms with E-state index in [1.165, 1.54) is 5.56 Å². The fourth-order valence-corrected chi connectivity index (χ4v) is 2.38. The highest BCUT2D eigenvalue weighted by molar-refractivity contribution is 5.39. The summed E-state index contributed by atoms with van der Waals surface area (Å²) in [5, 5.41) is 0. The van der Waals surface area contributed by atoms with E-state index in [0.29, 0.717) is 0 Å². The van der Waals surface area contributed by atoms with Gasteiger partial charge in [-0.25, -0.2) is 0 Å². The number of hydrogen-bond acceptors (Lipinski definition) is 3. The second kappa shape index (κ2) is 7.70. The van der Waals surface area contributed by atoms with E-state index in [1.54, 1.807) is 14.2 Å². The predicted octanol–water partition coefficient (Wildman–Crippen LogP) is 3.73. The Morgan fingerprint density at radius 2 is 1.57 bits per heavy atom. The minimum atomic E-state index is -0.00212. The third kappa shape index (κ3) is 4.50. The standard InChI is InChI=1S/C18H23NO2/c1-20-16-11-15(12-17(13-16)21-2)18(19)10-6-9-14-7-4-3-5-8-14/h3-5,7-8,11-13,18H,6,9-10,19H2,1-2H3. The molecule has 2 N–H and O–H groups in total. The van der Waals surface area contributed by atoms with Gasteiger partial charge in [0.2, 0.25) is 0 Å². The fourth-order valence-electron chi connectivity index (χ4n) is 2.38. The van der Waals surface area contributed by atoms with Crippen molar-refractivity contribution >= 4 is 0 Å². The summed E-state index contributed by atoms with van der Waals surface area (Å²) in [7, 11) is 3.30. The first-order valence-corrected chi connectivity index (χ1v) is 7.25. The van der Waals surface area contributed by atoms with Crippen molar-refractivity contribution in [1.82, 2.24) is 0 Å². The van der Waals surface area contributed by atoms with Gasteiger partial charge in [0.15, 0.2) is 0 Å². The van der Waals surface area contributed by atoms with Crippen molar-refractivity contribution < 1.29 is 9.47 Å². The van der Waals surface area contributed by atoms with Crippen molar-refractivity contribution in [1.29, 1.82) is 0 Å². The highest BCUT2D eigenvalue weighted by Gasteiger charge is 2.09. The molecule has 0 heterocycles. The number of aryl methyl sites for hydroxylation is 1. The van der Waals surface area contributed by atoms with Crippen LogP contribution >= 0.6 is 0 Å². The Kier molecular flexibility index (Phi) is 5.64. The lowest BCUT2D eigenvalue weighted by Crippen LogP contribution is -2.11. The minimum absolute atomic E-state index is 0.00212. The number of rotatable bonds is 7. The van der Waals surface area contributed by atoms with Crippen molar-refractivity contribution in [2.45, 2.75) is 25.3 Å².